The van der Waals surface area contributed by atoms with Gasteiger partial charge in [-0.2, -0.15) is 17.0 Å². The predicted molar refractivity (Wildman–Crippen MR) is 112 cm³/mol. The van der Waals surface area contributed by atoms with Gasteiger partial charge in [0, 0.05) is 30.7 Å². The van der Waals surface area contributed by atoms with Crippen LogP contribution in [0.5, 0.6) is 5.75 Å². The molecule has 0 N–H and O–H groups in total. The molecule has 6 heteroatoms. The minimum atomic E-state index is -3.48. The van der Waals surface area contributed by atoms with E-state index >= 15 is 0 Å². The van der Waals surface area contributed by atoms with E-state index in [4.69, 9.17) is 4.74 Å². The van der Waals surface area contributed by atoms with Gasteiger partial charge in [0.15, 0.2) is 0 Å². The van der Waals surface area contributed by atoms with Gasteiger partial charge in [-0.25, -0.2) is 0 Å². The average molecular weight is 407 g/mol. The molecule has 1 aromatic carbocycles. The van der Waals surface area contributed by atoms with Gasteiger partial charge in [-0.05, 0) is 43.7 Å². The molecular formula is C22H34N2O3S. The Morgan fingerprint density at radius 2 is 1.57 bits per heavy atom. The van der Waals surface area contributed by atoms with E-state index in [0.717, 1.165) is 69.1 Å². The maximum atomic E-state index is 13.9. The van der Waals surface area contributed by atoms with Crippen LogP contribution in [-0.4, -0.2) is 42.8 Å². The summed E-state index contributed by atoms with van der Waals surface area (Å²) in [5, 5.41) is 0. The Balaban J connectivity index is 1.63. The van der Waals surface area contributed by atoms with Gasteiger partial charge >= 0.3 is 0 Å². The zero-order chi connectivity index (χ0) is 19.6. The standard InChI is InChI=1S/C22H34N2O3S/c1-27-22-14-8-9-18-15-16-23(17-21(18)22)28(25,26)24(19-10-4-2-5-11-19)20-12-6-3-7-13-20/h8-9,14,19-20H,2-7,10-13,15-17H2,1H3. The summed E-state index contributed by atoms with van der Waals surface area (Å²) >= 11 is 0. The van der Waals surface area contributed by atoms with Crippen molar-refractivity contribution < 1.29 is 13.2 Å². The van der Waals surface area contributed by atoms with Crippen molar-refractivity contribution >= 4 is 10.2 Å². The van der Waals surface area contributed by atoms with Crippen LogP contribution in [0.25, 0.3) is 0 Å². The Bertz CT molecular complexity index is 736. The zero-order valence-corrected chi connectivity index (χ0v) is 17.9. The topological polar surface area (TPSA) is 49.9 Å². The van der Waals surface area contributed by atoms with Crippen molar-refractivity contribution in [2.24, 2.45) is 0 Å². The maximum absolute atomic E-state index is 13.9. The average Bonchev–Trinajstić information content (AvgIpc) is 2.74. The van der Waals surface area contributed by atoms with E-state index in [0.29, 0.717) is 13.1 Å². The highest BCUT2D eigenvalue weighted by atomic mass is 32.2. The maximum Gasteiger partial charge on any atom is 0.282 e. The molecule has 0 spiro atoms. The van der Waals surface area contributed by atoms with Gasteiger partial charge in [0.05, 0.1) is 7.11 Å². The molecule has 0 radical (unpaired) electrons. The predicted octanol–water partition coefficient (Wildman–Crippen LogP) is 4.27. The van der Waals surface area contributed by atoms with Gasteiger partial charge in [-0.3, -0.25) is 0 Å². The van der Waals surface area contributed by atoms with Crippen molar-refractivity contribution in [3.63, 3.8) is 0 Å². The summed E-state index contributed by atoms with van der Waals surface area (Å²) in [5.41, 5.74) is 2.25. The molecule has 2 aliphatic carbocycles. The molecule has 0 amide bonds. The third-order valence-corrected chi connectivity index (χ3v) is 8.97. The molecule has 5 nitrogen and oxygen atoms in total. The zero-order valence-electron chi connectivity index (χ0n) is 17.1. The summed E-state index contributed by atoms with van der Waals surface area (Å²) < 4.78 is 37.0. The minimum absolute atomic E-state index is 0.181. The normalized spacial score (nSPS) is 22.9. The Morgan fingerprint density at radius 1 is 0.964 bits per heavy atom. The number of benzene rings is 1. The summed E-state index contributed by atoms with van der Waals surface area (Å²) in [4.78, 5) is 0. The molecule has 0 bridgehead atoms. The van der Waals surface area contributed by atoms with E-state index < -0.39 is 10.2 Å². The highest BCUT2D eigenvalue weighted by molar-refractivity contribution is 7.86. The number of hydrogen-bond donors (Lipinski definition) is 0. The van der Waals surface area contributed by atoms with Gasteiger partial charge in [0.25, 0.3) is 10.2 Å². The number of fused-ring (bicyclic) bond motifs is 1. The monoisotopic (exact) mass is 406 g/mol. The summed E-state index contributed by atoms with van der Waals surface area (Å²) in [6.45, 7) is 0.996. The molecule has 0 unspecified atom stereocenters. The molecule has 156 valence electrons. The summed E-state index contributed by atoms with van der Waals surface area (Å²) in [7, 11) is -1.81. The van der Waals surface area contributed by atoms with Crippen LogP contribution in [0.4, 0.5) is 0 Å². The minimum Gasteiger partial charge on any atom is -0.496 e. The van der Waals surface area contributed by atoms with E-state index in [-0.39, 0.29) is 12.1 Å². The van der Waals surface area contributed by atoms with E-state index in [1.165, 1.54) is 18.4 Å². The summed E-state index contributed by atoms with van der Waals surface area (Å²) in [6.07, 6.45) is 11.9. The first-order valence-electron chi connectivity index (χ1n) is 11.0. The van der Waals surface area contributed by atoms with Crippen molar-refractivity contribution in [1.82, 2.24) is 8.61 Å². The molecule has 3 aliphatic rings. The summed E-state index contributed by atoms with van der Waals surface area (Å²) in [5.74, 6) is 0.805. The number of ether oxygens (including phenoxy) is 1. The Labute approximate surface area is 170 Å². The largest absolute Gasteiger partial charge is 0.496 e. The first-order valence-corrected chi connectivity index (χ1v) is 12.4. The summed E-state index contributed by atoms with van der Waals surface area (Å²) in [6, 6.07) is 6.40. The van der Waals surface area contributed by atoms with Crippen LogP contribution in [0, 0.1) is 0 Å². The fourth-order valence-electron chi connectivity index (χ4n) is 5.39. The van der Waals surface area contributed by atoms with E-state index in [1.54, 1.807) is 11.4 Å². The van der Waals surface area contributed by atoms with E-state index in [9.17, 15) is 8.42 Å². The molecule has 2 saturated carbocycles. The first-order chi connectivity index (χ1) is 13.6. The number of hydrogen-bond acceptors (Lipinski definition) is 3. The van der Waals surface area contributed by atoms with Crippen LogP contribution in [0.15, 0.2) is 18.2 Å². The lowest BCUT2D eigenvalue weighted by atomic mass is 9.91. The number of nitrogens with zero attached hydrogens (tertiary/aromatic N) is 2. The lowest BCUT2D eigenvalue weighted by Gasteiger charge is -2.43. The van der Waals surface area contributed by atoms with Crippen molar-refractivity contribution in [1.29, 1.82) is 0 Å². The van der Waals surface area contributed by atoms with E-state index in [1.807, 2.05) is 16.4 Å². The van der Waals surface area contributed by atoms with Gasteiger partial charge in [0.1, 0.15) is 5.75 Å². The lowest BCUT2D eigenvalue weighted by molar-refractivity contribution is 0.156. The number of rotatable bonds is 5. The van der Waals surface area contributed by atoms with Crippen LogP contribution in [0.2, 0.25) is 0 Å². The van der Waals surface area contributed by atoms with Crippen LogP contribution in [0.1, 0.15) is 75.3 Å². The molecule has 1 aliphatic heterocycles. The molecule has 2 fully saturated rings. The van der Waals surface area contributed by atoms with Crippen LogP contribution in [-0.2, 0) is 23.2 Å². The second-order valence-corrected chi connectivity index (χ2v) is 10.4. The van der Waals surface area contributed by atoms with Crippen LogP contribution < -0.4 is 4.74 Å². The fraction of sp³-hybridized carbons (Fsp3) is 0.727. The first kappa shape index (κ1) is 20.2. The quantitative estimate of drug-likeness (QED) is 0.734. The van der Waals surface area contributed by atoms with Crippen molar-refractivity contribution in [3.8, 4) is 5.75 Å². The van der Waals surface area contributed by atoms with Crippen molar-refractivity contribution in [2.75, 3.05) is 13.7 Å². The van der Waals surface area contributed by atoms with Gasteiger partial charge in [-0.1, -0.05) is 50.7 Å². The molecule has 1 aromatic rings. The SMILES string of the molecule is COc1cccc2c1CN(S(=O)(=O)N(C1CCCCC1)C1CCCCC1)CC2. The highest BCUT2D eigenvalue weighted by Crippen LogP contribution is 2.36. The fourth-order valence-corrected chi connectivity index (χ4v) is 7.45. The Kier molecular flexibility index (Phi) is 6.28. The number of methoxy groups -OCH3 is 1. The second-order valence-electron chi connectivity index (χ2n) is 8.60. The highest BCUT2D eigenvalue weighted by Gasteiger charge is 2.41. The smallest absolute Gasteiger partial charge is 0.282 e. The van der Waals surface area contributed by atoms with Gasteiger partial charge < -0.3 is 4.74 Å². The van der Waals surface area contributed by atoms with E-state index in [2.05, 4.69) is 6.07 Å². The molecule has 4 rings (SSSR count). The Morgan fingerprint density at radius 3 is 2.14 bits per heavy atom. The molecular weight excluding hydrogens is 372 g/mol. The van der Waals surface area contributed by atoms with Gasteiger partial charge in [0.2, 0.25) is 0 Å². The Hall–Kier alpha value is -1.11. The van der Waals surface area contributed by atoms with Gasteiger partial charge in [-0.15, -0.1) is 0 Å². The molecule has 0 aromatic heterocycles. The van der Waals surface area contributed by atoms with Crippen molar-refractivity contribution in [3.05, 3.63) is 29.3 Å². The molecule has 0 atom stereocenters. The van der Waals surface area contributed by atoms with Crippen LogP contribution >= 0.6 is 0 Å². The third kappa shape index (κ3) is 3.96. The third-order valence-electron chi connectivity index (χ3n) is 6.88. The molecule has 0 saturated heterocycles. The lowest BCUT2D eigenvalue weighted by Crippen LogP contribution is -2.54. The molecule has 1 heterocycles. The van der Waals surface area contributed by atoms with Crippen molar-refractivity contribution in [2.45, 2.75) is 89.3 Å². The second kappa shape index (κ2) is 8.72. The van der Waals surface area contributed by atoms with Crippen LogP contribution in [0.3, 0.4) is 0 Å². The molecule has 28 heavy (non-hydrogen) atoms.